The lowest BCUT2D eigenvalue weighted by atomic mass is 10.2. The predicted octanol–water partition coefficient (Wildman–Crippen LogP) is 5.23. The molecule has 0 aliphatic rings. The highest BCUT2D eigenvalue weighted by Gasteiger charge is 2.13. The van der Waals surface area contributed by atoms with E-state index in [4.69, 9.17) is 23.2 Å². The SMILES string of the molecule is Cc1cc(/C=N\NC(=O)c2cccs2)c(C)n1-c1cc(Cl)ccc1Cl. The van der Waals surface area contributed by atoms with Crippen LogP contribution >= 0.6 is 34.5 Å². The van der Waals surface area contributed by atoms with Crippen LogP contribution in [0.15, 0.2) is 46.9 Å². The Morgan fingerprint density at radius 2 is 2.04 bits per heavy atom. The minimum atomic E-state index is -0.224. The number of aromatic nitrogens is 1. The first-order chi connectivity index (χ1) is 12.0. The summed E-state index contributed by atoms with van der Waals surface area (Å²) in [6, 6.07) is 10.9. The van der Waals surface area contributed by atoms with Gasteiger partial charge < -0.3 is 4.57 Å². The van der Waals surface area contributed by atoms with Gasteiger partial charge >= 0.3 is 0 Å². The van der Waals surface area contributed by atoms with Gasteiger partial charge in [0.2, 0.25) is 0 Å². The summed E-state index contributed by atoms with van der Waals surface area (Å²) in [6.45, 7) is 3.94. The van der Waals surface area contributed by atoms with Crippen LogP contribution in [0.4, 0.5) is 0 Å². The number of carbonyl (C=O) groups excluding carboxylic acids is 1. The number of nitrogens with zero attached hydrogens (tertiary/aromatic N) is 2. The molecule has 3 rings (SSSR count). The molecule has 0 unspecified atom stereocenters. The van der Waals surface area contributed by atoms with Crippen LogP contribution in [0.3, 0.4) is 0 Å². The number of carbonyl (C=O) groups is 1. The maximum absolute atomic E-state index is 11.9. The quantitative estimate of drug-likeness (QED) is 0.480. The van der Waals surface area contributed by atoms with Crippen molar-refractivity contribution in [2.75, 3.05) is 0 Å². The number of hydrazone groups is 1. The van der Waals surface area contributed by atoms with Gasteiger partial charge in [-0.3, -0.25) is 4.79 Å². The zero-order chi connectivity index (χ0) is 18.0. The number of amides is 1. The number of halogens is 2. The molecule has 2 heterocycles. The molecule has 1 amide bonds. The molecule has 0 spiro atoms. The molecular weight excluding hydrogens is 377 g/mol. The Morgan fingerprint density at radius 1 is 1.24 bits per heavy atom. The first-order valence-corrected chi connectivity index (χ1v) is 9.12. The molecule has 0 radical (unpaired) electrons. The Hall–Kier alpha value is -2.08. The number of benzene rings is 1. The van der Waals surface area contributed by atoms with Gasteiger partial charge in [0.1, 0.15) is 0 Å². The van der Waals surface area contributed by atoms with E-state index in [9.17, 15) is 4.79 Å². The van der Waals surface area contributed by atoms with Crippen LogP contribution in [0.2, 0.25) is 10.0 Å². The van der Waals surface area contributed by atoms with Gasteiger partial charge in [-0.2, -0.15) is 5.10 Å². The largest absolute Gasteiger partial charge is 0.316 e. The molecule has 25 heavy (non-hydrogen) atoms. The Morgan fingerprint density at radius 3 is 2.76 bits per heavy atom. The number of nitrogens with one attached hydrogen (secondary N) is 1. The van der Waals surface area contributed by atoms with Crippen molar-refractivity contribution in [3.63, 3.8) is 0 Å². The van der Waals surface area contributed by atoms with Crippen LogP contribution < -0.4 is 5.43 Å². The highest BCUT2D eigenvalue weighted by Crippen LogP contribution is 2.28. The maximum Gasteiger partial charge on any atom is 0.281 e. The molecule has 3 aromatic rings. The van der Waals surface area contributed by atoms with E-state index in [-0.39, 0.29) is 5.91 Å². The van der Waals surface area contributed by atoms with Crippen molar-refractivity contribution in [1.82, 2.24) is 9.99 Å². The van der Waals surface area contributed by atoms with E-state index in [0.29, 0.717) is 14.9 Å². The average molecular weight is 392 g/mol. The van der Waals surface area contributed by atoms with Gasteiger partial charge in [0.05, 0.1) is 21.8 Å². The zero-order valence-electron chi connectivity index (χ0n) is 13.6. The van der Waals surface area contributed by atoms with E-state index in [1.54, 1.807) is 24.4 Å². The molecule has 0 atom stereocenters. The summed E-state index contributed by atoms with van der Waals surface area (Å²) in [5, 5.41) is 7.13. The van der Waals surface area contributed by atoms with Crippen LogP contribution in [0.5, 0.6) is 0 Å². The minimum absolute atomic E-state index is 0.224. The Kier molecular flexibility index (Phi) is 5.27. The van der Waals surface area contributed by atoms with E-state index in [1.807, 2.05) is 42.0 Å². The first kappa shape index (κ1) is 17.7. The summed E-state index contributed by atoms with van der Waals surface area (Å²) in [7, 11) is 0. The number of hydrogen-bond donors (Lipinski definition) is 1. The van der Waals surface area contributed by atoms with Crippen LogP contribution in [-0.2, 0) is 0 Å². The van der Waals surface area contributed by atoms with Gasteiger partial charge in [-0.05, 0) is 49.6 Å². The second-order valence-corrected chi connectivity index (χ2v) is 7.23. The number of thiophene rings is 1. The van der Waals surface area contributed by atoms with Gasteiger partial charge in [-0.15, -0.1) is 11.3 Å². The highest BCUT2D eigenvalue weighted by atomic mass is 35.5. The molecule has 0 aliphatic carbocycles. The summed E-state index contributed by atoms with van der Waals surface area (Å²) in [4.78, 5) is 12.5. The molecule has 7 heteroatoms. The van der Waals surface area contributed by atoms with Crippen molar-refractivity contribution in [2.45, 2.75) is 13.8 Å². The lowest BCUT2D eigenvalue weighted by Crippen LogP contribution is -2.16. The molecule has 0 fully saturated rings. The van der Waals surface area contributed by atoms with Gasteiger partial charge in [-0.25, -0.2) is 5.43 Å². The average Bonchev–Trinajstić information content (AvgIpc) is 3.19. The molecule has 0 saturated heterocycles. The van der Waals surface area contributed by atoms with E-state index < -0.39 is 0 Å². The van der Waals surface area contributed by atoms with Crippen molar-refractivity contribution < 1.29 is 4.79 Å². The molecule has 0 bridgehead atoms. The van der Waals surface area contributed by atoms with Crippen LogP contribution in [-0.4, -0.2) is 16.7 Å². The second kappa shape index (κ2) is 7.44. The van der Waals surface area contributed by atoms with E-state index in [2.05, 4.69) is 10.5 Å². The van der Waals surface area contributed by atoms with Crippen molar-refractivity contribution in [2.24, 2.45) is 5.10 Å². The Labute approximate surface area is 159 Å². The number of rotatable bonds is 4. The topological polar surface area (TPSA) is 46.4 Å². The fraction of sp³-hybridized carbons (Fsp3) is 0.111. The van der Waals surface area contributed by atoms with Crippen molar-refractivity contribution in [1.29, 1.82) is 0 Å². The molecule has 128 valence electrons. The summed E-state index contributed by atoms with van der Waals surface area (Å²) in [6.07, 6.45) is 1.63. The Balaban J connectivity index is 1.86. The highest BCUT2D eigenvalue weighted by molar-refractivity contribution is 7.12. The van der Waals surface area contributed by atoms with E-state index >= 15 is 0 Å². The van der Waals surface area contributed by atoms with Crippen molar-refractivity contribution >= 4 is 46.7 Å². The Bertz CT molecular complexity index is 946. The summed E-state index contributed by atoms with van der Waals surface area (Å²) < 4.78 is 2.01. The minimum Gasteiger partial charge on any atom is -0.316 e. The maximum atomic E-state index is 11.9. The molecule has 0 saturated carbocycles. The third-order valence-electron chi connectivity index (χ3n) is 3.73. The molecule has 1 N–H and O–H groups in total. The monoisotopic (exact) mass is 391 g/mol. The van der Waals surface area contributed by atoms with Crippen LogP contribution in [0.1, 0.15) is 26.6 Å². The zero-order valence-corrected chi connectivity index (χ0v) is 15.9. The third kappa shape index (κ3) is 3.79. The van der Waals surface area contributed by atoms with E-state index in [0.717, 1.165) is 22.6 Å². The molecule has 4 nitrogen and oxygen atoms in total. The molecule has 0 aliphatic heterocycles. The van der Waals surface area contributed by atoms with Crippen LogP contribution in [0, 0.1) is 13.8 Å². The second-order valence-electron chi connectivity index (χ2n) is 5.43. The van der Waals surface area contributed by atoms with E-state index in [1.165, 1.54) is 11.3 Å². The fourth-order valence-electron chi connectivity index (χ4n) is 2.57. The molecular formula is C18H15Cl2N3OS. The number of aryl methyl sites for hydroxylation is 1. The van der Waals surface area contributed by atoms with Crippen molar-refractivity contribution in [3.8, 4) is 5.69 Å². The summed E-state index contributed by atoms with van der Waals surface area (Å²) in [5.74, 6) is -0.224. The van der Waals surface area contributed by atoms with Crippen molar-refractivity contribution in [3.05, 3.63) is 73.7 Å². The standard InChI is InChI=1S/C18H15Cl2N3OS/c1-11-8-13(10-21-22-18(24)17-4-3-7-25-17)12(2)23(11)16-9-14(19)5-6-15(16)20/h3-10H,1-2H3,(H,22,24)/b21-10-. The smallest absolute Gasteiger partial charge is 0.281 e. The molecule has 2 aromatic heterocycles. The van der Waals surface area contributed by atoms with Crippen LogP contribution in [0.25, 0.3) is 5.69 Å². The van der Waals surface area contributed by atoms with Gasteiger partial charge in [0, 0.05) is 22.0 Å². The summed E-state index contributed by atoms with van der Waals surface area (Å²) >= 11 is 13.8. The normalized spacial score (nSPS) is 11.2. The van der Waals surface area contributed by atoms with Gasteiger partial charge in [0.15, 0.2) is 0 Å². The lowest BCUT2D eigenvalue weighted by molar-refractivity contribution is 0.0959. The predicted molar refractivity (Wildman–Crippen MR) is 105 cm³/mol. The van der Waals surface area contributed by atoms with Gasteiger partial charge in [-0.1, -0.05) is 29.3 Å². The fourth-order valence-corrected chi connectivity index (χ4v) is 3.55. The third-order valence-corrected chi connectivity index (χ3v) is 5.16. The lowest BCUT2D eigenvalue weighted by Gasteiger charge is -2.12. The number of hydrogen-bond acceptors (Lipinski definition) is 3. The first-order valence-electron chi connectivity index (χ1n) is 7.48. The summed E-state index contributed by atoms with van der Waals surface area (Å²) in [5.41, 5.74) is 6.18. The molecule has 1 aromatic carbocycles. The van der Waals surface area contributed by atoms with Gasteiger partial charge in [0.25, 0.3) is 5.91 Å².